The van der Waals surface area contributed by atoms with Gasteiger partial charge >= 0.3 is 0 Å². The smallest absolute Gasteiger partial charge is 0.271 e. The van der Waals surface area contributed by atoms with Crippen molar-refractivity contribution in [2.45, 2.75) is 23.5 Å². The summed E-state index contributed by atoms with van der Waals surface area (Å²) in [4.78, 5) is 39.4. The third kappa shape index (κ3) is 3.21. The number of para-hydroxylation sites is 1. The van der Waals surface area contributed by atoms with Gasteiger partial charge in [0.2, 0.25) is 11.5 Å². The Bertz CT molecular complexity index is 2000. The maximum Gasteiger partial charge on any atom is 0.271 e. The van der Waals surface area contributed by atoms with Crippen molar-refractivity contribution in [1.82, 2.24) is 0 Å². The molecule has 2 heterocycles. The van der Waals surface area contributed by atoms with E-state index in [0.717, 1.165) is 22.3 Å². The number of benzene rings is 5. The number of imide groups is 1. The Hall–Kier alpha value is -4.49. The summed E-state index contributed by atoms with van der Waals surface area (Å²) >= 11 is 12.9. The van der Waals surface area contributed by atoms with Gasteiger partial charge in [0.1, 0.15) is 17.3 Å². The van der Waals surface area contributed by atoms with E-state index >= 15 is 9.59 Å². The summed E-state index contributed by atoms with van der Waals surface area (Å²) in [7, 11) is 0. The molecule has 0 saturated carbocycles. The fourth-order valence-corrected chi connectivity index (χ4v) is 9.09. The van der Waals surface area contributed by atoms with Crippen LogP contribution >= 0.6 is 23.2 Å². The maximum atomic E-state index is 15.6. The zero-order valence-corrected chi connectivity index (χ0v) is 25.0. The monoisotopic (exact) mass is 632 g/mol. The SMILES string of the molecule is O=C1N(c2cc(Cl)cc(Cl)c2)C(=O)C23C4c5ccccc5C(c5ccccc54)C12ON(c1ccccc1)C3c1ccc(F)cc1. The van der Waals surface area contributed by atoms with E-state index in [0.29, 0.717) is 21.3 Å². The number of carbonyl (C=O) groups is 2. The van der Waals surface area contributed by atoms with Crippen LogP contribution in [0, 0.1) is 11.2 Å². The Kier molecular flexibility index (Phi) is 5.53. The van der Waals surface area contributed by atoms with Crippen LogP contribution in [-0.2, 0) is 14.4 Å². The van der Waals surface area contributed by atoms with Crippen molar-refractivity contribution in [1.29, 1.82) is 0 Å². The molecule has 10 rings (SSSR count). The molecular formula is C37H23Cl2FN2O3. The summed E-state index contributed by atoms with van der Waals surface area (Å²) in [5, 5.41) is 2.30. The molecule has 220 valence electrons. The molecular weight excluding hydrogens is 610 g/mol. The van der Waals surface area contributed by atoms with Gasteiger partial charge < -0.3 is 0 Å². The minimum Gasteiger partial charge on any atom is -0.273 e. The number of amides is 2. The van der Waals surface area contributed by atoms with E-state index in [1.807, 2.05) is 78.9 Å². The first-order chi connectivity index (χ1) is 21.9. The lowest BCUT2D eigenvalue weighted by Crippen LogP contribution is -2.63. The van der Waals surface area contributed by atoms with Crippen LogP contribution in [0.2, 0.25) is 10.0 Å². The van der Waals surface area contributed by atoms with E-state index in [1.54, 1.807) is 35.4 Å². The molecule has 2 aliphatic heterocycles. The average molecular weight is 634 g/mol. The van der Waals surface area contributed by atoms with E-state index in [-0.39, 0.29) is 5.69 Å². The number of nitrogens with zero attached hydrogens (tertiary/aromatic N) is 2. The Labute approximate surface area is 268 Å². The van der Waals surface area contributed by atoms with E-state index in [1.165, 1.54) is 17.0 Å². The van der Waals surface area contributed by atoms with Crippen LogP contribution in [-0.4, -0.2) is 17.4 Å². The quantitative estimate of drug-likeness (QED) is 0.188. The van der Waals surface area contributed by atoms with Gasteiger partial charge in [0.05, 0.1) is 17.3 Å². The van der Waals surface area contributed by atoms with Gasteiger partial charge in [-0.1, -0.05) is 102 Å². The van der Waals surface area contributed by atoms with Gasteiger partial charge in [-0.25, -0.2) is 14.4 Å². The molecule has 3 unspecified atom stereocenters. The number of rotatable bonds is 3. The number of anilines is 2. The Morgan fingerprint density at radius 2 is 1.16 bits per heavy atom. The normalized spacial score (nSPS) is 27.3. The van der Waals surface area contributed by atoms with Gasteiger partial charge in [-0.2, -0.15) is 0 Å². The molecule has 2 saturated heterocycles. The van der Waals surface area contributed by atoms with E-state index in [2.05, 4.69) is 0 Å². The van der Waals surface area contributed by atoms with Crippen LogP contribution in [0.5, 0.6) is 0 Å². The number of halogens is 3. The molecule has 0 radical (unpaired) electrons. The lowest BCUT2D eigenvalue weighted by atomic mass is 9.43. The number of hydrogen-bond donors (Lipinski definition) is 0. The molecule has 3 aliphatic carbocycles. The van der Waals surface area contributed by atoms with Crippen LogP contribution < -0.4 is 9.96 Å². The van der Waals surface area contributed by atoms with Gasteiger partial charge in [-0.15, -0.1) is 0 Å². The first kappa shape index (κ1) is 26.9. The molecule has 45 heavy (non-hydrogen) atoms. The molecule has 3 atom stereocenters. The van der Waals surface area contributed by atoms with Crippen LogP contribution in [0.3, 0.4) is 0 Å². The molecule has 5 nitrogen and oxygen atoms in total. The molecule has 8 heteroatoms. The third-order valence-electron chi connectivity index (χ3n) is 10.0. The first-order valence-corrected chi connectivity index (χ1v) is 15.4. The highest BCUT2D eigenvalue weighted by atomic mass is 35.5. The standard InChI is InChI=1S/C37H23Cl2FN2O3/c38-22-18-23(39)20-26(19-22)41-34(43)36-31-27-10-4-6-12-29(27)32(30-13-7-5-11-28(30)31)37(36,35(41)44)45-42(25-8-2-1-3-9-25)33(36)21-14-16-24(40)17-15-21/h1-20,31-33H. The summed E-state index contributed by atoms with van der Waals surface area (Å²) < 4.78 is 14.4. The zero-order valence-electron chi connectivity index (χ0n) is 23.5. The van der Waals surface area contributed by atoms with E-state index < -0.39 is 46.5 Å². The highest BCUT2D eigenvalue weighted by Crippen LogP contribution is 2.77. The second-order valence-electron chi connectivity index (χ2n) is 12.0. The summed E-state index contributed by atoms with van der Waals surface area (Å²) in [6.07, 6.45) is 0. The molecule has 2 amide bonds. The van der Waals surface area contributed by atoms with Crippen molar-refractivity contribution >= 4 is 46.4 Å². The van der Waals surface area contributed by atoms with Crippen molar-refractivity contribution in [2.24, 2.45) is 5.41 Å². The Morgan fingerprint density at radius 3 is 1.73 bits per heavy atom. The third-order valence-corrected chi connectivity index (χ3v) is 10.4. The molecule has 2 fully saturated rings. The molecule has 5 aromatic carbocycles. The van der Waals surface area contributed by atoms with Crippen LogP contribution in [0.1, 0.15) is 45.7 Å². The Balaban J connectivity index is 1.43. The minimum absolute atomic E-state index is 0.276. The van der Waals surface area contributed by atoms with Crippen LogP contribution in [0.15, 0.2) is 121 Å². The van der Waals surface area contributed by atoms with Gasteiger partial charge in [0.15, 0.2) is 0 Å². The number of hydrogen-bond acceptors (Lipinski definition) is 4. The topological polar surface area (TPSA) is 49.9 Å². The van der Waals surface area contributed by atoms with Gasteiger partial charge in [0.25, 0.3) is 5.91 Å². The molecule has 0 aromatic heterocycles. The highest BCUT2D eigenvalue weighted by Gasteiger charge is 2.87. The van der Waals surface area contributed by atoms with Crippen molar-refractivity contribution in [2.75, 3.05) is 9.96 Å². The number of carbonyl (C=O) groups excluding carboxylic acids is 2. The highest BCUT2D eigenvalue weighted by molar-refractivity contribution is 6.36. The second kappa shape index (κ2) is 9.27. The van der Waals surface area contributed by atoms with Crippen molar-refractivity contribution in [3.05, 3.63) is 165 Å². The molecule has 2 bridgehead atoms. The lowest BCUT2D eigenvalue weighted by molar-refractivity contribution is -0.153. The predicted octanol–water partition coefficient (Wildman–Crippen LogP) is 8.22. The van der Waals surface area contributed by atoms with E-state index in [4.69, 9.17) is 28.0 Å². The minimum atomic E-state index is -1.69. The summed E-state index contributed by atoms with van der Waals surface area (Å²) in [5.74, 6) is -2.51. The second-order valence-corrected chi connectivity index (χ2v) is 12.9. The van der Waals surface area contributed by atoms with Crippen LogP contribution in [0.4, 0.5) is 15.8 Å². The molecule has 0 N–H and O–H groups in total. The summed E-state index contributed by atoms with van der Waals surface area (Å²) in [5.41, 5.74) is 2.22. The Morgan fingerprint density at radius 1 is 0.622 bits per heavy atom. The van der Waals surface area contributed by atoms with Gasteiger partial charge in [-0.3, -0.25) is 14.4 Å². The van der Waals surface area contributed by atoms with Crippen LogP contribution in [0.25, 0.3) is 0 Å². The maximum absolute atomic E-state index is 15.6. The largest absolute Gasteiger partial charge is 0.273 e. The first-order valence-electron chi connectivity index (χ1n) is 14.7. The fraction of sp³-hybridized carbons (Fsp3) is 0.135. The van der Waals surface area contributed by atoms with Gasteiger partial charge in [0, 0.05) is 16.0 Å². The van der Waals surface area contributed by atoms with E-state index in [9.17, 15) is 4.39 Å². The number of hydroxylamine groups is 1. The fourth-order valence-electron chi connectivity index (χ4n) is 8.58. The average Bonchev–Trinajstić information content (AvgIpc) is 3.48. The van der Waals surface area contributed by atoms with Crippen molar-refractivity contribution < 1.29 is 18.8 Å². The summed E-state index contributed by atoms with van der Waals surface area (Å²) in [6, 6.07) is 35.5. The lowest BCUT2D eigenvalue weighted by Gasteiger charge is -2.55. The molecule has 5 aliphatic rings. The van der Waals surface area contributed by atoms with Crippen molar-refractivity contribution in [3.8, 4) is 0 Å². The van der Waals surface area contributed by atoms with Crippen molar-refractivity contribution in [3.63, 3.8) is 0 Å². The molecule has 0 spiro atoms. The summed E-state index contributed by atoms with van der Waals surface area (Å²) in [6.45, 7) is 0. The molecule has 5 aromatic rings. The predicted molar refractivity (Wildman–Crippen MR) is 170 cm³/mol. The zero-order chi connectivity index (χ0) is 30.7. The van der Waals surface area contributed by atoms with Gasteiger partial charge in [-0.05, 0) is 70.3 Å².